The Hall–Kier alpha value is -1.76. The van der Waals surface area contributed by atoms with E-state index in [0.29, 0.717) is 6.04 Å². The van der Waals surface area contributed by atoms with Gasteiger partial charge in [-0.1, -0.05) is 48.5 Å². The van der Waals surface area contributed by atoms with Crippen LogP contribution >= 0.6 is 0 Å². The molecule has 0 radical (unpaired) electrons. The van der Waals surface area contributed by atoms with Crippen molar-refractivity contribution < 1.29 is 0 Å². The van der Waals surface area contributed by atoms with E-state index in [4.69, 9.17) is 0 Å². The molecule has 1 heteroatoms. The van der Waals surface area contributed by atoms with Gasteiger partial charge >= 0.3 is 0 Å². The lowest BCUT2D eigenvalue weighted by Crippen LogP contribution is -2.32. The lowest BCUT2D eigenvalue weighted by Gasteiger charge is -2.29. The molecule has 0 unspecified atom stereocenters. The lowest BCUT2D eigenvalue weighted by molar-refractivity contribution is 0.679. The summed E-state index contributed by atoms with van der Waals surface area (Å²) in [7, 11) is 0. The second-order valence-electron chi connectivity index (χ2n) is 4.86. The fourth-order valence-corrected chi connectivity index (χ4v) is 2.20. The molecule has 2 rings (SSSR count). The summed E-state index contributed by atoms with van der Waals surface area (Å²) < 4.78 is 0. The number of para-hydroxylation sites is 1. The van der Waals surface area contributed by atoms with Crippen molar-refractivity contribution in [3.63, 3.8) is 0 Å². The number of nitrogens with zero attached hydrogens (tertiary/aromatic N) is 1. The highest BCUT2D eigenvalue weighted by Gasteiger charge is 2.09. The molecule has 0 N–H and O–H groups in total. The molecule has 0 heterocycles. The predicted octanol–water partition coefficient (Wildman–Crippen LogP) is 4.14. The number of benzene rings is 2. The van der Waals surface area contributed by atoms with Gasteiger partial charge in [0.15, 0.2) is 0 Å². The van der Waals surface area contributed by atoms with Crippen LogP contribution in [0.3, 0.4) is 0 Å². The first-order valence-electron chi connectivity index (χ1n) is 6.63. The first-order chi connectivity index (χ1) is 8.77. The highest BCUT2D eigenvalue weighted by molar-refractivity contribution is 5.46. The third-order valence-corrected chi connectivity index (χ3v) is 3.20. The highest BCUT2D eigenvalue weighted by atomic mass is 15.1. The van der Waals surface area contributed by atoms with Crippen molar-refractivity contribution in [1.82, 2.24) is 0 Å². The van der Waals surface area contributed by atoms with E-state index in [1.807, 2.05) is 0 Å². The summed E-state index contributed by atoms with van der Waals surface area (Å²) in [5, 5.41) is 0. The van der Waals surface area contributed by atoms with Crippen molar-refractivity contribution in [2.45, 2.75) is 26.3 Å². The Kier molecular flexibility index (Phi) is 4.40. The van der Waals surface area contributed by atoms with Crippen LogP contribution in [-0.2, 0) is 6.42 Å². The fourth-order valence-electron chi connectivity index (χ4n) is 2.20. The van der Waals surface area contributed by atoms with E-state index < -0.39 is 0 Å². The first-order valence-corrected chi connectivity index (χ1v) is 6.63. The monoisotopic (exact) mass is 239 g/mol. The van der Waals surface area contributed by atoms with Crippen molar-refractivity contribution in [1.29, 1.82) is 0 Å². The van der Waals surface area contributed by atoms with Crippen LogP contribution in [0.1, 0.15) is 19.4 Å². The quantitative estimate of drug-likeness (QED) is 0.758. The van der Waals surface area contributed by atoms with E-state index in [1.54, 1.807) is 0 Å². The van der Waals surface area contributed by atoms with Gasteiger partial charge in [0, 0.05) is 18.3 Å². The van der Waals surface area contributed by atoms with Gasteiger partial charge in [-0.05, 0) is 38.0 Å². The Bertz CT molecular complexity index is 448. The molecule has 18 heavy (non-hydrogen) atoms. The van der Waals surface area contributed by atoms with Crippen LogP contribution in [0.2, 0.25) is 0 Å². The Morgan fingerprint density at radius 2 is 1.39 bits per heavy atom. The standard InChI is InChI=1S/C17H21N/c1-15(2)18(17-11-7-4-8-12-17)14-13-16-9-5-3-6-10-16/h3-12,15H,13-14H2,1-2H3. The van der Waals surface area contributed by atoms with E-state index in [1.165, 1.54) is 11.3 Å². The Morgan fingerprint density at radius 3 is 1.94 bits per heavy atom. The maximum absolute atomic E-state index is 2.45. The zero-order valence-corrected chi connectivity index (χ0v) is 11.2. The molecule has 2 aromatic carbocycles. The maximum atomic E-state index is 2.45. The number of rotatable bonds is 5. The molecular weight excluding hydrogens is 218 g/mol. The van der Waals surface area contributed by atoms with Crippen LogP contribution in [0.25, 0.3) is 0 Å². The highest BCUT2D eigenvalue weighted by Crippen LogP contribution is 2.17. The molecule has 0 aromatic heterocycles. The minimum absolute atomic E-state index is 0.524. The van der Waals surface area contributed by atoms with Gasteiger partial charge in [-0.2, -0.15) is 0 Å². The second-order valence-corrected chi connectivity index (χ2v) is 4.86. The average molecular weight is 239 g/mol. The van der Waals surface area contributed by atoms with Crippen LogP contribution in [0, 0.1) is 0 Å². The van der Waals surface area contributed by atoms with Crippen molar-refractivity contribution in [2.75, 3.05) is 11.4 Å². The van der Waals surface area contributed by atoms with Gasteiger partial charge in [-0.25, -0.2) is 0 Å². The van der Waals surface area contributed by atoms with Crippen molar-refractivity contribution in [3.8, 4) is 0 Å². The van der Waals surface area contributed by atoms with Gasteiger partial charge in [-0.15, -0.1) is 0 Å². The molecule has 0 spiro atoms. The fraction of sp³-hybridized carbons (Fsp3) is 0.294. The summed E-state index contributed by atoms with van der Waals surface area (Å²) >= 11 is 0. The average Bonchev–Trinajstić information content (AvgIpc) is 2.41. The second kappa shape index (κ2) is 6.25. The van der Waals surface area contributed by atoms with Crippen LogP contribution in [0.4, 0.5) is 5.69 Å². The minimum atomic E-state index is 0.524. The van der Waals surface area contributed by atoms with Gasteiger partial charge in [0.05, 0.1) is 0 Å². The summed E-state index contributed by atoms with van der Waals surface area (Å²) in [6, 6.07) is 21.9. The molecule has 0 aliphatic heterocycles. The van der Waals surface area contributed by atoms with E-state index >= 15 is 0 Å². The van der Waals surface area contributed by atoms with E-state index in [0.717, 1.165) is 13.0 Å². The molecule has 0 saturated carbocycles. The van der Waals surface area contributed by atoms with Crippen molar-refractivity contribution >= 4 is 5.69 Å². The molecule has 0 atom stereocenters. The summed E-state index contributed by atoms with van der Waals surface area (Å²) in [5.74, 6) is 0. The molecule has 0 aliphatic carbocycles. The maximum Gasteiger partial charge on any atom is 0.0368 e. The molecule has 2 aromatic rings. The van der Waals surface area contributed by atoms with Gasteiger partial charge < -0.3 is 4.90 Å². The summed E-state index contributed by atoms with van der Waals surface area (Å²) in [5.41, 5.74) is 2.71. The Labute approximate surface area is 110 Å². The van der Waals surface area contributed by atoms with Gasteiger partial charge in [0.2, 0.25) is 0 Å². The predicted molar refractivity (Wildman–Crippen MR) is 79.1 cm³/mol. The molecule has 0 bridgehead atoms. The summed E-state index contributed by atoms with van der Waals surface area (Å²) in [4.78, 5) is 2.45. The minimum Gasteiger partial charge on any atom is -0.369 e. The summed E-state index contributed by atoms with van der Waals surface area (Å²) in [6.45, 7) is 5.56. The zero-order chi connectivity index (χ0) is 12.8. The van der Waals surface area contributed by atoms with E-state index in [2.05, 4.69) is 79.4 Å². The third-order valence-electron chi connectivity index (χ3n) is 3.20. The number of hydrogen-bond acceptors (Lipinski definition) is 1. The molecule has 0 aliphatic rings. The van der Waals surface area contributed by atoms with Crippen LogP contribution in [-0.4, -0.2) is 12.6 Å². The van der Waals surface area contributed by atoms with Crippen LogP contribution in [0.5, 0.6) is 0 Å². The topological polar surface area (TPSA) is 3.24 Å². The lowest BCUT2D eigenvalue weighted by atomic mass is 10.1. The molecule has 0 amide bonds. The van der Waals surface area contributed by atoms with Crippen molar-refractivity contribution in [2.24, 2.45) is 0 Å². The first kappa shape index (κ1) is 12.7. The largest absolute Gasteiger partial charge is 0.369 e. The van der Waals surface area contributed by atoms with E-state index in [-0.39, 0.29) is 0 Å². The molecule has 1 nitrogen and oxygen atoms in total. The van der Waals surface area contributed by atoms with Gasteiger partial charge in [-0.3, -0.25) is 0 Å². The normalized spacial score (nSPS) is 10.6. The van der Waals surface area contributed by atoms with E-state index in [9.17, 15) is 0 Å². The van der Waals surface area contributed by atoms with Crippen LogP contribution in [0.15, 0.2) is 60.7 Å². The summed E-state index contributed by atoms with van der Waals surface area (Å²) in [6.07, 6.45) is 1.09. The SMILES string of the molecule is CC(C)N(CCc1ccccc1)c1ccccc1. The van der Waals surface area contributed by atoms with Gasteiger partial charge in [0.25, 0.3) is 0 Å². The Balaban J connectivity index is 2.04. The van der Waals surface area contributed by atoms with Crippen molar-refractivity contribution in [3.05, 3.63) is 66.2 Å². The molecule has 0 saturated heterocycles. The third kappa shape index (κ3) is 3.36. The Morgan fingerprint density at radius 1 is 0.833 bits per heavy atom. The molecule has 0 fully saturated rings. The molecule has 94 valence electrons. The molecular formula is C17H21N. The number of anilines is 1. The smallest absolute Gasteiger partial charge is 0.0368 e. The number of hydrogen-bond donors (Lipinski definition) is 0. The zero-order valence-electron chi connectivity index (χ0n) is 11.2. The van der Waals surface area contributed by atoms with Crippen LogP contribution < -0.4 is 4.90 Å². The van der Waals surface area contributed by atoms with Gasteiger partial charge in [0.1, 0.15) is 0 Å².